The number of aromatic nitrogens is 3. The largest absolute Gasteiger partial charge is 0.481 e. The summed E-state index contributed by atoms with van der Waals surface area (Å²) in [4.78, 5) is 23.9. The molecule has 7 heteroatoms. The van der Waals surface area contributed by atoms with E-state index in [1.807, 2.05) is 11.1 Å². The normalized spacial score (nSPS) is 19.9. The van der Waals surface area contributed by atoms with Crippen LogP contribution in [0.4, 0.5) is 0 Å². The Kier molecular flexibility index (Phi) is 5.50. The van der Waals surface area contributed by atoms with Gasteiger partial charge in [0.25, 0.3) is 5.91 Å². The Labute approximate surface area is 165 Å². The average Bonchev–Trinajstić information content (AvgIpc) is 3.18. The molecule has 1 saturated carbocycles. The minimum absolute atomic E-state index is 0.0474. The molecule has 28 heavy (non-hydrogen) atoms. The molecule has 2 fully saturated rings. The molecule has 1 saturated heterocycles. The molecule has 0 N–H and O–H groups in total. The van der Waals surface area contributed by atoms with E-state index in [2.05, 4.69) is 20.7 Å². The van der Waals surface area contributed by atoms with Crippen LogP contribution in [0, 0.1) is 5.92 Å². The van der Waals surface area contributed by atoms with E-state index in [9.17, 15) is 4.79 Å². The Balaban J connectivity index is 1.50. The van der Waals surface area contributed by atoms with Gasteiger partial charge in [-0.3, -0.25) is 4.79 Å². The van der Waals surface area contributed by atoms with Crippen molar-refractivity contribution in [2.45, 2.75) is 44.6 Å². The molecular weight excluding hydrogens is 356 g/mol. The maximum absolute atomic E-state index is 13.2. The van der Waals surface area contributed by atoms with Crippen LogP contribution >= 0.6 is 0 Å². The van der Waals surface area contributed by atoms with E-state index in [1.54, 1.807) is 19.2 Å². The third-order valence-corrected chi connectivity index (χ3v) is 5.97. The number of piperidine rings is 1. The van der Waals surface area contributed by atoms with E-state index < -0.39 is 0 Å². The summed E-state index contributed by atoms with van der Waals surface area (Å²) in [6, 6.07) is 3.43. The summed E-state index contributed by atoms with van der Waals surface area (Å²) >= 11 is 0. The molecule has 2 aliphatic rings. The highest BCUT2D eigenvalue weighted by molar-refractivity contribution is 5.96. The lowest BCUT2D eigenvalue weighted by atomic mass is 9.85. The first-order valence-corrected chi connectivity index (χ1v) is 10.1. The zero-order chi connectivity index (χ0) is 19.5. The molecule has 0 radical (unpaired) electrons. The van der Waals surface area contributed by atoms with Gasteiger partial charge in [0.15, 0.2) is 0 Å². The van der Waals surface area contributed by atoms with Gasteiger partial charge in [-0.25, -0.2) is 4.98 Å². The highest BCUT2D eigenvalue weighted by Crippen LogP contribution is 2.32. The van der Waals surface area contributed by atoms with Crippen LogP contribution in [-0.4, -0.2) is 52.7 Å². The maximum atomic E-state index is 13.2. The van der Waals surface area contributed by atoms with Crippen LogP contribution in [0.15, 0.2) is 24.5 Å². The smallest absolute Gasteiger partial charge is 0.259 e. The number of imidazole rings is 1. The van der Waals surface area contributed by atoms with Gasteiger partial charge in [0.2, 0.25) is 11.8 Å². The molecule has 0 bridgehead atoms. The summed E-state index contributed by atoms with van der Waals surface area (Å²) in [6.45, 7) is 2.47. The number of ether oxygens (including phenoxy) is 2. The first-order chi connectivity index (χ1) is 13.7. The summed E-state index contributed by atoms with van der Waals surface area (Å²) in [5.41, 5.74) is 0.474. The van der Waals surface area contributed by atoms with Gasteiger partial charge in [0.05, 0.1) is 14.2 Å². The second-order valence-corrected chi connectivity index (χ2v) is 7.74. The van der Waals surface area contributed by atoms with E-state index >= 15 is 0 Å². The van der Waals surface area contributed by atoms with E-state index in [0.717, 1.165) is 37.7 Å². The summed E-state index contributed by atoms with van der Waals surface area (Å²) in [5, 5.41) is 0. The number of nitrogens with zero attached hydrogens (tertiary/aromatic N) is 4. The first-order valence-electron chi connectivity index (χ1n) is 10.1. The van der Waals surface area contributed by atoms with Crippen molar-refractivity contribution in [1.82, 2.24) is 19.4 Å². The van der Waals surface area contributed by atoms with Gasteiger partial charge in [-0.05, 0) is 37.7 Å². The third-order valence-electron chi connectivity index (χ3n) is 5.97. The molecular formula is C21H28N4O3. The highest BCUT2D eigenvalue weighted by Gasteiger charge is 2.30. The Bertz CT molecular complexity index is 831. The lowest BCUT2D eigenvalue weighted by Gasteiger charge is -2.34. The fraction of sp³-hybridized carbons (Fsp3) is 0.571. The fourth-order valence-corrected chi connectivity index (χ4v) is 4.19. The van der Waals surface area contributed by atoms with Gasteiger partial charge in [-0.1, -0.05) is 6.42 Å². The van der Waals surface area contributed by atoms with Crippen LogP contribution in [0.1, 0.15) is 54.2 Å². The van der Waals surface area contributed by atoms with Gasteiger partial charge in [-0.2, -0.15) is 4.98 Å². The van der Waals surface area contributed by atoms with Crippen molar-refractivity contribution in [3.05, 3.63) is 35.9 Å². The number of methoxy groups -OCH3 is 2. The second kappa shape index (κ2) is 8.20. The van der Waals surface area contributed by atoms with Gasteiger partial charge in [0, 0.05) is 44.0 Å². The quantitative estimate of drug-likeness (QED) is 0.765. The topological polar surface area (TPSA) is 69.5 Å². The van der Waals surface area contributed by atoms with Crippen LogP contribution in [0.3, 0.4) is 0 Å². The van der Waals surface area contributed by atoms with Gasteiger partial charge >= 0.3 is 0 Å². The fourth-order valence-electron chi connectivity index (χ4n) is 4.19. The molecule has 0 spiro atoms. The number of rotatable bonds is 6. The summed E-state index contributed by atoms with van der Waals surface area (Å²) < 4.78 is 12.8. The highest BCUT2D eigenvalue weighted by atomic mass is 16.5. The average molecular weight is 384 g/mol. The standard InChI is InChI=1S/C21H28N4O3/c1-27-18-9-8-17(20(23-18)28-2)21(26)25-11-4-7-16(14-25)19-22-10-12-24(19)13-15-5-3-6-15/h8-10,12,15-16H,3-7,11,13-14H2,1-2H3. The molecule has 2 aromatic heterocycles. The van der Waals surface area contributed by atoms with Crippen molar-refractivity contribution < 1.29 is 14.3 Å². The van der Waals surface area contributed by atoms with Crippen molar-refractivity contribution >= 4 is 5.91 Å². The number of pyridine rings is 1. The molecule has 1 aliphatic carbocycles. The van der Waals surface area contributed by atoms with E-state index in [1.165, 1.54) is 26.4 Å². The van der Waals surface area contributed by atoms with Crippen LogP contribution < -0.4 is 9.47 Å². The number of carbonyl (C=O) groups is 1. The molecule has 3 heterocycles. The predicted molar refractivity (Wildman–Crippen MR) is 105 cm³/mol. The Morgan fingerprint density at radius 1 is 1.18 bits per heavy atom. The zero-order valence-electron chi connectivity index (χ0n) is 16.6. The van der Waals surface area contributed by atoms with Crippen LogP contribution in [0.2, 0.25) is 0 Å². The van der Waals surface area contributed by atoms with E-state index in [0.29, 0.717) is 23.9 Å². The van der Waals surface area contributed by atoms with Gasteiger partial charge < -0.3 is 18.9 Å². The van der Waals surface area contributed by atoms with Crippen LogP contribution in [0.5, 0.6) is 11.8 Å². The van der Waals surface area contributed by atoms with Crippen molar-refractivity contribution in [2.75, 3.05) is 27.3 Å². The zero-order valence-corrected chi connectivity index (χ0v) is 16.6. The third kappa shape index (κ3) is 3.70. The van der Waals surface area contributed by atoms with Crippen LogP contribution in [-0.2, 0) is 6.54 Å². The Morgan fingerprint density at radius 2 is 2.04 bits per heavy atom. The van der Waals surface area contributed by atoms with Gasteiger partial charge in [0.1, 0.15) is 11.4 Å². The van der Waals surface area contributed by atoms with E-state index in [4.69, 9.17) is 9.47 Å². The number of likely N-dealkylation sites (tertiary alicyclic amines) is 1. The molecule has 7 nitrogen and oxygen atoms in total. The molecule has 2 aromatic rings. The van der Waals surface area contributed by atoms with E-state index in [-0.39, 0.29) is 11.8 Å². The molecule has 4 rings (SSSR count). The Hall–Kier alpha value is -2.57. The van der Waals surface area contributed by atoms with Crippen molar-refractivity contribution in [1.29, 1.82) is 0 Å². The molecule has 150 valence electrons. The maximum Gasteiger partial charge on any atom is 0.259 e. The van der Waals surface area contributed by atoms with Gasteiger partial charge in [-0.15, -0.1) is 0 Å². The SMILES string of the molecule is COc1ccc(C(=O)N2CCCC(c3nccn3CC3CCC3)C2)c(OC)n1. The molecule has 1 amide bonds. The molecule has 1 atom stereocenters. The minimum atomic E-state index is -0.0474. The summed E-state index contributed by atoms with van der Waals surface area (Å²) in [7, 11) is 3.07. The second-order valence-electron chi connectivity index (χ2n) is 7.74. The van der Waals surface area contributed by atoms with Crippen molar-refractivity contribution in [3.8, 4) is 11.8 Å². The van der Waals surface area contributed by atoms with Crippen molar-refractivity contribution in [2.24, 2.45) is 5.92 Å². The molecule has 0 aromatic carbocycles. The first kappa shape index (κ1) is 18.8. The number of amides is 1. The number of carbonyl (C=O) groups excluding carboxylic acids is 1. The Morgan fingerprint density at radius 3 is 2.75 bits per heavy atom. The summed E-state index contributed by atoms with van der Waals surface area (Å²) in [5.74, 6) is 2.85. The van der Waals surface area contributed by atoms with Crippen molar-refractivity contribution in [3.63, 3.8) is 0 Å². The minimum Gasteiger partial charge on any atom is -0.481 e. The number of hydrogen-bond acceptors (Lipinski definition) is 5. The summed E-state index contributed by atoms with van der Waals surface area (Å²) in [6.07, 6.45) is 9.99. The molecule has 1 unspecified atom stereocenters. The molecule has 1 aliphatic heterocycles. The lowest BCUT2D eigenvalue weighted by molar-refractivity contribution is 0.0698. The lowest BCUT2D eigenvalue weighted by Crippen LogP contribution is -2.40. The van der Waals surface area contributed by atoms with Crippen LogP contribution in [0.25, 0.3) is 0 Å². The predicted octanol–water partition coefficient (Wildman–Crippen LogP) is 3.12. The number of hydrogen-bond donors (Lipinski definition) is 0. The monoisotopic (exact) mass is 384 g/mol.